The maximum absolute atomic E-state index is 14.2. The summed E-state index contributed by atoms with van der Waals surface area (Å²) >= 11 is 0. The molecule has 0 radical (unpaired) electrons. The summed E-state index contributed by atoms with van der Waals surface area (Å²) in [6.07, 6.45) is 2.95. The maximum atomic E-state index is 14.2. The minimum atomic E-state index is -1.69. The average Bonchev–Trinajstić information content (AvgIpc) is 3.88. The molecule has 1 heterocycles. The number of aromatic amines is 1. The van der Waals surface area contributed by atoms with Crippen LogP contribution in [0.25, 0.3) is 0 Å². The van der Waals surface area contributed by atoms with E-state index in [1.165, 1.54) is 43.7 Å². The number of hydrogen-bond donors (Lipinski definition) is 17. The van der Waals surface area contributed by atoms with Gasteiger partial charge in [0, 0.05) is 37.7 Å². The lowest BCUT2D eigenvalue weighted by molar-refractivity contribution is -0.143. The minimum absolute atomic E-state index is 0.00927. The molecule has 29 heteroatoms. The number of H-pyrrole nitrogens is 1. The van der Waals surface area contributed by atoms with Gasteiger partial charge in [-0.3, -0.25) is 48.1 Å². The van der Waals surface area contributed by atoms with Crippen molar-refractivity contribution >= 4 is 65.1 Å². The van der Waals surface area contributed by atoms with Gasteiger partial charge in [-0.25, -0.2) is 9.78 Å². The van der Waals surface area contributed by atoms with Crippen LogP contribution in [0, 0.1) is 11.8 Å². The number of phenolic OH excluding ortho intramolecular Hbond substituents is 1. The standard InChI is InChI=1S/C48H78N16O13/c1-24(2)37(46(75)57-26(5)39(68)62-35(22-65)45(74)61-34(20-28-21-54-23-56-28)44(73)64-38(25(3)4)47(76)77)63-42(71)32(15-16-36(51)67)59-41(70)31(10-8-18-55-48(52)53)58-43(72)33(19-27-11-13-29(66)14-12-27)60-40(69)30(50)9-6-7-17-49/h11-14,21,23-26,30-35,37-38,65-66H,6-10,15-20,22,49-50H2,1-5H3,(H2,51,67)(H,54,56)(H,57,75)(H,58,72)(H,59,70)(H,60,69)(H,61,74)(H,62,68)(H,63,71)(H,64,73)(H,76,77)(H4,52,53,55)/t26-,30-,31-,32-,33-,34-,35-,37-,38-/m0/s1. The average molecular weight is 1090 g/mol. The number of unbranched alkanes of at least 4 members (excludes halogenated alkanes) is 1. The summed E-state index contributed by atoms with van der Waals surface area (Å²) in [5.41, 5.74) is 29.0. The molecular formula is C48H78N16O13. The maximum Gasteiger partial charge on any atom is 0.326 e. The summed E-state index contributed by atoms with van der Waals surface area (Å²) in [6, 6.07) is -6.76. The van der Waals surface area contributed by atoms with Gasteiger partial charge in [0.1, 0.15) is 54.1 Å². The van der Waals surface area contributed by atoms with E-state index in [0.29, 0.717) is 30.6 Å². The number of aliphatic imine (C=N–C) groups is 1. The van der Waals surface area contributed by atoms with E-state index in [-0.39, 0.29) is 56.8 Å². The summed E-state index contributed by atoms with van der Waals surface area (Å²) in [5.74, 6) is -11.0. The van der Waals surface area contributed by atoms with Crippen molar-refractivity contribution in [2.45, 2.75) is 147 Å². The van der Waals surface area contributed by atoms with E-state index < -0.39 is 138 Å². The number of aliphatic carboxylic acids is 1. The first kappa shape index (κ1) is 65.2. The quantitative estimate of drug-likeness (QED) is 0.0175. The van der Waals surface area contributed by atoms with Crippen LogP contribution in [0.2, 0.25) is 0 Å². The molecule has 0 saturated carbocycles. The summed E-state index contributed by atoms with van der Waals surface area (Å²) in [4.78, 5) is 144. The Morgan fingerprint density at radius 1 is 0.610 bits per heavy atom. The molecule has 29 nitrogen and oxygen atoms in total. The molecule has 2 rings (SSSR count). The Morgan fingerprint density at radius 3 is 1.68 bits per heavy atom. The number of guanidine groups is 1. The molecule has 0 bridgehead atoms. The van der Waals surface area contributed by atoms with Crippen molar-refractivity contribution in [3.8, 4) is 5.75 Å². The number of aliphatic hydroxyl groups excluding tert-OH is 1. The zero-order valence-corrected chi connectivity index (χ0v) is 44.0. The highest BCUT2D eigenvalue weighted by Crippen LogP contribution is 2.14. The molecule has 0 aliphatic rings. The Labute approximate surface area is 445 Å². The van der Waals surface area contributed by atoms with E-state index in [2.05, 4.69) is 57.5 Å². The summed E-state index contributed by atoms with van der Waals surface area (Å²) < 4.78 is 0. The first-order valence-corrected chi connectivity index (χ1v) is 25.1. The van der Waals surface area contributed by atoms with E-state index in [1.807, 2.05) is 0 Å². The molecule has 1 aromatic heterocycles. The topological polar surface area (TPSA) is 499 Å². The van der Waals surface area contributed by atoms with Gasteiger partial charge in [-0.05, 0) is 75.1 Å². The van der Waals surface area contributed by atoms with Gasteiger partial charge in [0.2, 0.25) is 53.2 Å². The highest BCUT2D eigenvalue weighted by Gasteiger charge is 2.35. The third-order valence-electron chi connectivity index (χ3n) is 11.9. The number of primary amides is 1. The second-order valence-electron chi connectivity index (χ2n) is 19.0. The highest BCUT2D eigenvalue weighted by molar-refractivity contribution is 5.98. The van der Waals surface area contributed by atoms with Crippen LogP contribution in [-0.4, -0.2) is 164 Å². The van der Waals surface area contributed by atoms with Crippen LogP contribution in [0.4, 0.5) is 0 Å². The number of rotatable bonds is 35. The molecule has 2 aromatic rings. The van der Waals surface area contributed by atoms with Gasteiger partial charge in [0.05, 0.1) is 19.0 Å². The Bertz CT molecular complexity index is 2310. The van der Waals surface area contributed by atoms with Crippen molar-refractivity contribution in [3.05, 3.63) is 48.0 Å². The zero-order chi connectivity index (χ0) is 57.9. The number of carbonyl (C=O) groups excluding carboxylic acids is 9. The van der Waals surface area contributed by atoms with Crippen molar-refractivity contribution in [1.82, 2.24) is 52.5 Å². The lowest BCUT2D eigenvalue weighted by Crippen LogP contribution is -2.61. The van der Waals surface area contributed by atoms with E-state index in [1.54, 1.807) is 27.7 Å². The molecule has 428 valence electrons. The first-order valence-electron chi connectivity index (χ1n) is 25.1. The van der Waals surface area contributed by atoms with Crippen molar-refractivity contribution in [3.63, 3.8) is 0 Å². The van der Waals surface area contributed by atoms with Gasteiger partial charge in [0.15, 0.2) is 5.96 Å². The number of nitrogens with zero attached hydrogens (tertiary/aromatic N) is 2. The Kier molecular flexibility index (Phi) is 28.1. The lowest BCUT2D eigenvalue weighted by Gasteiger charge is -2.28. The molecule has 9 amide bonds. The van der Waals surface area contributed by atoms with Crippen LogP contribution < -0.4 is 71.2 Å². The third-order valence-corrected chi connectivity index (χ3v) is 11.9. The molecular weight excluding hydrogens is 1010 g/mol. The number of imidazole rings is 1. The molecule has 0 aliphatic carbocycles. The third kappa shape index (κ3) is 23.7. The fourth-order valence-corrected chi connectivity index (χ4v) is 7.38. The predicted molar refractivity (Wildman–Crippen MR) is 279 cm³/mol. The summed E-state index contributed by atoms with van der Waals surface area (Å²) in [7, 11) is 0. The van der Waals surface area contributed by atoms with Crippen LogP contribution in [0.5, 0.6) is 5.75 Å². The lowest BCUT2D eigenvalue weighted by atomic mass is 10.0. The van der Waals surface area contributed by atoms with Crippen LogP contribution >= 0.6 is 0 Å². The van der Waals surface area contributed by atoms with Gasteiger partial charge in [-0.1, -0.05) is 46.2 Å². The number of nitrogens with two attached hydrogens (primary N) is 5. The van der Waals surface area contributed by atoms with Crippen LogP contribution in [0.1, 0.15) is 90.8 Å². The number of carboxylic acid groups (broad SMARTS) is 1. The summed E-state index contributed by atoms with van der Waals surface area (Å²) in [6.45, 7) is 6.89. The summed E-state index contributed by atoms with van der Waals surface area (Å²) in [5, 5.41) is 49.4. The molecule has 9 atom stereocenters. The van der Waals surface area contributed by atoms with Crippen molar-refractivity contribution in [2.24, 2.45) is 45.5 Å². The molecule has 77 heavy (non-hydrogen) atoms. The molecule has 1 aromatic carbocycles. The first-order chi connectivity index (χ1) is 36.3. The van der Waals surface area contributed by atoms with E-state index >= 15 is 0 Å². The highest BCUT2D eigenvalue weighted by atomic mass is 16.4. The van der Waals surface area contributed by atoms with Crippen LogP contribution in [0.15, 0.2) is 41.8 Å². The Hall–Kier alpha value is -7.92. The Morgan fingerprint density at radius 2 is 1.13 bits per heavy atom. The smallest absolute Gasteiger partial charge is 0.326 e. The van der Waals surface area contributed by atoms with Crippen LogP contribution in [0.3, 0.4) is 0 Å². The predicted octanol–water partition coefficient (Wildman–Crippen LogP) is -5.04. The van der Waals surface area contributed by atoms with Gasteiger partial charge in [0.25, 0.3) is 0 Å². The van der Waals surface area contributed by atoms with Gasteiger partial charge in [-0.15, -0.1) is 0 Å². The molecule has 0 aliphatic heterocycles. The number of aromatic hydroxyl groups is 1. The normalized spacial score (nSPS) is 14.6. The number of amides is 9. The number of aromatic nitrogens is 2. The van der Waals surface area contributed by atoms with Crippen molar-refractivity contribution in [2.75, 3.05) is 19.7 Å². The molecule has 0 fully saturated rings. The molecule has 22 N–H and O–H groups in total. The largest absolute Gasteiger partial charge is 0.508 e. The molecule has 0 spiro atoms. The van der Waals surface area contributed by atoms with Gasteiger partial charge < -0.3 is 91.5 Å². The zero-order valence-electron chi connectivity index (χ0n) is 44.0. The van der Waals surface area contributed by atoms with Crippen molar-refractivity contribution in [1.29, 1.82) is 0 Å². The van der Waals surface area contributed by atoms with Gasteiger partial charge in [-0.2, -0.15) is 0 Å². The number of benzene rings is 1. The number of hydrogen-bond acceptors (Lipinski definition) is 16. The molecule has 0 saturated heterocycles. The van der Waals surface area contributed by atoms with Crippen LogP contribution in [-0.2, 0) is 60.8 Å². The number of aliphatic hydroxyl groups is 1. The number of carboxylic acids is 1. The Balaban J connectivity index is 2.33. The second kappa shape index (κ2) is 33.2. The number of phenols is 1. The SMILES string of the molecule is CC(C)[C@H](NC(=O)[C@H](Cc1cnc[nH]1)NC(=O)[C@H](CO)NC(=O)[C@H](C)NC(=O)[C@@H](NC(=O)[C@H](CCC(N)=O)NC(=O)[C@H](CCCN=C(N)N)NC(=O)[C@H](Cc1ccc(O)cc1)NC(=O)[C@@H](N)CCCCN)C(C)C)C(=O)O. The van der Waals surface area contributed by atoms with Crippen molar-refractivity contribution < 1.29 is 63.3 Å². The number of carbonyl (C=O) groups is 10. The minimum Gasteiger partial charge on any atom is -0.508 e. The number of nitrogens with one attached hydrogen (secondary N) is 9. The van der Waals surface area contributed by atoms with E-state index in [0.717, 1.165) is 0 Å². The van der Waals surface area contributed by atoms with Gasteiger partial charge >= 0.3 is 5.97 Å². The van der Waals surface area contributed by atoms with E-state index in [4.69, 9.17) is 28.7 Å². The molecule has 0 unspecified atom stereocenters. The monoisotopic (exact) mass is 1090 g/mol. The van der Waals surface area contributed by atoms with E-state index in [9.17, 15) is 63.3 Å². The fourth-order valence-electron chi connectivity index (χ4n) is 7.38. The fraction of sp³-hybridized carbons (Fsp3) is 0.583. The second-order valence-corrected chi connectivity index (χ2v) is 19.0.